The largest absolute Gasteiger partial charge is 0.478 e. The van der Waals surface area contributed by atoms with Crippen LogP contribution in [0.25, 0.3) is 0 Å². The molecule has 0 bridgehead atoms. The summed E-state index contributed by atoms with van der Waals surface area (Å²) in [5, 5.41) is 11.1. The summed E-state index contributed by atoms with van der Waals surface area (Å²) in [7, 11) is 0. The van der Waals surface area contributed by atoms with E-state index in [0.29, 0.717) is 12.2 Å². The molecule has 2 amide bonds. The summed E-state index contributed by atoms with van der Waals surface area (Å²) in [6.07, 6.45) is 1.89. The summed E-state index contributed by atoms with van der Waals surface area (Å²) >= 11 is 1.46. The Labute approximate surface area is 202 Å². The minimum absolute atomic E-state index is 0.0350. The van der Waals surface area contributed by atoms with Crippen molar-refractivity contribution in [2.24, 2.45) is 0 Å². The molecule has 4 rings (SSSR count). The van der Waals surface area contributed by atoms with Crippen LogP contribution in [0, 0.1) is 0 Å². The van der Waals surface area contributed by atoms with Gasteiger partial charge in [-0.05, 0) is 54.8 Å². The fourth-order valence-electron chi connectivity index (χ4n) is 3.79. The number of hydrogen-bond acceptors (Lipinski definition) is 4. The number of amides is 2. The molecule has 3 aromatic rings. The van der Waals surface area contributed by atoms with Crippen LogP contribution in [0.5, 0.6) is 0 Å². The topological polar surface area (TPSA) is 86.7 Å². The number of carboxylic acid groups (broad SMARTS) is 1. The number of fused-ring (bicyclic) bond motifs is 1. The molecule has 0 radical (unpaired) electrons. The van der Waals surface area contributed by atoms with Crippen molar-refractivity contribution in [3.63, 3.8) is 0 Å². The number of carbonyl (C=O) groups is 3. The highest BCUT2D eigenvalue weighted by Gasteiger charge is 2.31. The molecule has 0 aliphatic carbocycles. The molecule has 0 fully saturated rings. The Morgan fingerprint density at radius 1 is 0.971 bits per heavy atom. The lowest BCUT2D eigenvalue weighted by Gasteiger charge is -2.24. The van der Waals surface area contributed by atoms with E-state index in [0.717, 1.165) is 28.6 Å². The van der Waals surface area contributed by atoms with Crippen molar-refractivity contribution < 1.29 is 19.5 Å². The van der Waals surface area contributed by atoms with Gasteiger partial charge in [-0.3, -0.25) is 9.59 Å². The smallest absolute Gasteiger partial charge is 0.331 e. The van der Waals surface area contributed by atoms with Gasteiger partial charge in [-0.1, -0.05) is 48.5 Å². The zero-order chi connectivity index (χ0) is 24.1. The summed E-state index contributed by atoms with van der Waals surface area (Å²) < 4.78 is 0. The van der Waals surface area contributed by atoms with E-state index in [-0.39, 0.29) is 11.5 Å². The van der Waals surface area contributed by atoms with Crippen molar-refractivity contribution in [1.29, 1.82) is 0 Å². The predicted molar refractivity (Wildman–Crippen MR) is 134 cm³/mol. The molecule has 3 aromatic carbocycles. The van der Waals surface area contributed by atoms with Crippen LogP contribution in [0.2, 0.25) is 0 Å². The minimum Gasteiger partial charge on any atom is -0.478 e. The molecule has 0 aromatic heterocycles. The standard InChI is InChI=1S/C27H24N2O4S/c1-18(27(32)33)17-24(30)28-21-11-13-22(14-12-21)34-25(20-8-3-2-4-9-20)26(31)29-16-15-19-7-5-6-10-23(19)29/h2-14,17,25H,15-16H2,1H3,(H,28,30)(H,32,33)/b18-17+/t25-/m1/s1. The molecule has 1 heterocycles. The number of carboxylic acids is 1. The number of nitrogens with one attached hydrogen (secondary N) is 1. The maximum Gasteiger partial charge on any atom is 0.331 e. The number of carbonyl (C=O) groups excluding carboxylic acids is 2. The quantitative estimate of drug-likeness (QED) is 0.370. The summed E-state index contributed by atoms with van der Waals surface area (Å²) in [6, 6.07) is 24.9. The van der Waals surface area contributed by atoms with Crippen molar-refractivity contribution in [1.82, 2.24) is 0 Å². The van der Waals surface area contributed by atoms with Crippen molar-refractivity contribution in [3.05, 3.63) is 102 Å². The highest BCUT2D eigenvalue weighted by Crippen LogP contribution is 2.40. The fraction of sp³-hybridized carbons (Fsp3) is 0.148. The van der Waals surface area contributed by atoms with Gasteiger partial charge >= 0.3 is 5.97 Å². The Hall–Kier alpha value is -3.84. The van der Waals surface area contributed by atoms with Gasteiger partial charge in [0.05, 0.1) is 0 Å². The highest BCUT2D eigenvalue weighted by atomic mass is 32.2. The van der Waals surface area contributed by atoms with E-state index in [9.17, 15) is 14.4 Å². The van der Waals surface area contributed by atoms with Crippen LogP contribution in [-0.2, 0) is 20.8 Å². The molecule has 34 heavy (non-hydrogen) atoms. The maximum atomic E-state index is 13.7. The average Bonchev–Trinajstić information content (AvgIpc) is 3.28. The SMILES string of the molecule is C/C(=C\C(=O)Nc1ccc(S[C@@H](C(=O)N2CCc3ccccc32)c2ccccc2)cc1)C(=O)O. The van der Waals surface area contributed by atoms with Gasteiger partial charge in [0.2, 0.25) is 11.8 Å². The van der Waals surface area contributed by atoms with Gasteiger partial charge in [0.15, 0.2) is 0 Å². The van der Waals surface area contributed by atoms with Crippen molar-refractivity contribution in [3.8, 4) is 0 Å². The van der Waals surface area contributed by atoms with Crippen LogP contribution in [0.15, 0.2) is 95.4 Å². The van der Waals surface area contributed by atoms with Gasteiger partial charge in [0, 0.05) is 34.5 Å². The van der Waals surface area contributed by atoms with E-state index in [2.05, 4.69) is 11.4 Å². The third-order valence-electron chi connectivity index (χ3n) is 5.54. The molecule has 7 heteroatoms. The Morgan fingerprint density at radius 2 is 1.65 bits per heavy atom. The molecule has 0 saturated carbocycles. The first-order valence-electron chi connectivity index (χ1n) is 10.9. The van der Waals surface area contributed by atoms with E-state index in [1.165, 1.54) is 24.2 Å². The molecule has 0 unspecified atom stereocenters. The number of rotatable bonds is 7. The van der Waals surface area contributed by atoms with Gasteiger partial charge in [-0.2, -0.15) is 0 Å². The Balaban J connectivity index is 1.53. The van der Waals surface area contributed by atoms with Gasteiger partial charge < -0.3 is 15.3 Å². The van der Waals surface area contributed by atoms with Crippen LogP contribution in [0.3, 0.4) is 0 Å². The molecule has 1 aliphatic rings. The lowest BCUT2D eigenvalue weighted by Crippen LogP contribution is -2.32. The number of thioether (sulfide) groups is 1. The first-order valence-corrected chi connectivity index (χ1v) is 11.7. The van der Waals surface area contributed by atoms with E-state index in [1.807, 2.05) is 65.6 Å². The molecule has 1 atom stereocenters. The second kappa shape index (κ2) is 10.4. The maximum absolute atomic E-state index is 13.7. The first kappa shape index (κ1) is 23.3. The lowest BCUT2D eigenvalue weighted by atomic mass is 10.1. The zero-order valence-corrected chi connectivity index (χ0v) is 19.4. The number of anilines is 2. The van der Waals surface area contributed by atoms with Gasteiger partial charge in [0.1, 0.15) is 5.25 Å². The number of para-hydroxylation sites is 1. The van der Waals surface area contributed by atoms with Crippen LogP contribution in [0.4, 0.5) is 11.4 Å². The van der Waals surface area contributed by atoms with Gasteiger partial charge in [-0.25, -0.2) is 4.79 Å². The Morgan fingerprint density at radius 3 is 2.35 bits per heavy atom. The molecule has 6 nitrogen and oxygen atoms in total. The molecular formula is C27H24N2O4S. The van der Waals surface area contributed by atoms with E-state index >= 15 is 0 Å². The van der Waals surface area contributed by atoms with Crippen LogP contribution < -0.4 is 10.2 Å². The second-order valence-corrected chi connectivity index (χ2v) is 9.10. The number of hydrogen-bond donors (Lipinski definition) is 2. The van der Waals surface area contributed by atoms with E-state index in [4.69, 9.17) is 5.11 Å². The Bertz CT molecular complexity index is 1240. The van der Waals surface area contributed by atoms with Crippen molar-refractivity contribution in [2.75, 3.05) is 16.8 Å². The summed E-state index contributed by atoms with van der Waals surface area (Å²) in [4.78, 5) is 39.3. The molecule has 0 saturated heterocycles. The second-order valence-electron chi connectivity index (χ2n) is 7.92. The molecule has 0 spiro atoms. The van der Waals surface area contributed by atoms with Gasteiger partial charge in [0.25, 0.3) is 0 Å². The molecular weight excluding hydrogens is 448 g/mol. The third-order valence-corrected chi connectivity index (χ3v) is 6.79. The molecule has 1 aliphatic heterocycles. The lowest BCUT2D eigenvalue weighted by molar-refractivity contribution is -0.132. The predicted octanol–water partition coefficient (Wildman–Crippen LogP) is 5.08. The first-order chi connectivity index (χ1) is 16.4. The number of nitrogens with zero attached hydrogens (tertiary/aromatic N) is 1. The number of benzene rings is 3. The van der Waals surface area contributed by atoms with E-state index < -0.39 is 17.1 Å². The highest BCUT2D eigenvalue weighted by molar-refractivity contribution is 8.00. The third kappa shape index (κ3) is 5.38. The van der Waals surface area contributed by atoms with Crippen molar-refractivity contribution in [2.45, 2.75) is 23.5 Å². The summed E-state index contributed by atoms with van der Waals surface area (Å²) in [6.45, 7) is 2.03. The average molecular weight is 473 g/mol. The zero-order valence-electron chi connectivity index (χ0n) is 18.6. The molecule has 172 valence electrons. The summed E-state index contributed by atoms with van der Waals surface area (Å²) in [5.74, 6) is -1.61. The summed E-state index contributed by atoms with van der Waals surface area (Å²) in [5.41, 5.74) is 3.57. The van der Waals surface area contributed by atoms with Crippen LogP contribution in [-0.4, -0.2) is 29.4 Å². The fourth-order valence-corrected chi connectivity index (χ4v) is 4.87. The van der Waals surface area contributed by atoms with Gasteiger partial charge in [-0.15, -0.1) is 11.8 Å². The van der Waals surface area contributed by atoms with E-state index in [1.54, 1.807) is 12.1 Å². The van der Waals surface area contributed by atoms with Crippen molar-refractivity contribution >= 4 is 40.9 Å². The minimum atomic E-state index is -1.14. The normalized spacial score (nSPS) is 13.8. The van der Waals surface area contributed by atoms with Crippen LogP contribution in [0.1, 0.15) is 23.3 Å². The Kier molecular flexibility index (Phi) is 7.13. The van der Waals surface area contributed by atoms with Crippen LogP contribution >= 0.6 is 11.8 Å². The monoisotopic (exact) mass is 472 g/mol. The molecule has 2 N–H and O–H groups in total. The number of aliphatic carboxylic acids is 1.